The highest BCUT2D eigenvalue weighted by atomic mass is 35.5. The van der Waals surface area contributed by atoms with Gasteiger partial charge in [-0.2, -0.15) is 0 Å². The fourth-order valence-corrected chi connectivity index (χ4v) is 3.80. The van der Waals surface area contributed by atoms with Crippen molar-refractivity contribution in [1.82, 2.24) is 9.88 Å². The summed E-state index contributed by atoms with van der Waals surface area (Å²) in [6.07, 6.45) is 1.82. The van der Waals surface area contributed by atoms with E-state index in [1.807, 2.05) is 29.2 Å². The van der Waals surface area contributed by atoms with Crippen molar-refractivity contribution in [1.29, 1.82) is 0 Å². The maximum absolute atomic E-state index is 12.8. The average Bonchev–Trinajstić information content (AvgIpc) is 3.15. The van der Waals surface area contributed by atoms with Crippen LogP contribution < -0.4 is 5.32 Å². The Morgan fingerprint density at radius 2 is 2.17 bits per heavy atom. The molecule has 2 amide bonds. The third-order valence-electron chi connectivity index (χ3n) is 3.78. The Labute approximate surface area is 143 Å². The minimum Gasteiger partial charge on any atom is -0.330 e. The van der Waals surface area contributed by atoms with Gasteiger partial charge in [-0.05, 0) is 24.5 Å². The molecule has 1 saturated heterocycles. The molecule has 0 bridgehead atoms. The van der Waals surface area contributed by atoms with Gasteiger partial charge in [0, 0.05) is 23.9 Å². The van der Waals surface area contributed by atoms with Gasteiger partial charge in [0.15, 0.2) is 5.13 Å². The summed E-state index contributed by atoms with van der Waals surface area (Å²) < 4.78 is 0. The SMILES string of the molecule is CC(=O)Nc1nc(C(=O)N2CCC[C@@H]2c2ccccc2Cl)cs1. The van der Waals surface area contributed by atoms with Gasteiger partial charge in [-0.3, -0.25) is 9.59 Å². The molecule has 0 spiro atoms. The van der Waals surface area contributed by atoms with E-state index in [1.54, 1.807) is 5.38 Å². The van der Waals surface area contributed by atoms with Crippen LogP contribution in [0.25, 0.3) is 0 Å². The molecule has 1 aromatic carbocycles. The van der Waals surface area contributed by atoms with Gasteiger partial charge in [-0.15, -0.1) is 11.3 Å². The van der Waals surface area contributed by atoms with Crippen molar-refractivity contribution in [3.63, 3.8) is 0 Å². The van der Waals surface area contributed by atoms with E-state index >= 15 is 0 Å². The summed E-state index contributed by atoms with van der Waals surface area (Å²) in [7, 11) is 0. The molecule has 5 nitrogen and oxygen atoms in total. The molecule has 1 fully saturated rings. The Bertz CT molecular complexity index is 746. The summed E-state index contributed by atoms with van der Waals surface area (Å²) in [5.41, 5.74) is 1.33. The van der Waals surface area contributed by atoms with Crippen LogP contribution in [0.2, 0.25) is 5.02 Å². The Balaban J connectivity index is 1.82. The fraction of sp³-hybridized carbons (Fsp3) is 0.312. The number of carbonyl (C=O) groups is 2. The number of carbonyl (C=O) groups excluding carboxylic acids is 2. The standard InChI is InChI=1S/C16H16ClN3O2S/c1-10(21)18-16-19-13(9-23-16)15(22)20-8-4-7-14(20)11-5-2-3-6-12(11)17/h2-3,5-6,9,14H,4,7-8H2,1H3,(H,18,19,21)/t14-/m1/s1. The number of hydrogen-bond donors (Lipinski definition) is 1. The van der Waals surface area contributed by atoms with E-state index in [0.717, 1.165) is 18.4 Å². The van der Waals surface area contributed by atoms with E-state index in [4.69, 9.17) is 11.6 Å². The summed E-state index contributed by atoms with van der Waals surface area (Å²) in [5, 5.41) is 5.39. The van der Waals surface area contributed by atoms with Crippen molar-refractivity contribution in [2.75, 3.05) is 11.9 Å². The van der Waals surface area contributed by atoms with Gasteiger partial charge < -0.3 is 10.2 Å². The van der Waals surface area contributed by atoms with E-state index < -0.39 is 0 Å². The van der Waals surface area contributed by atoms with Gasteiger partial charge >= 0.3 is 0 Å². The van der Waals surface area contributed by atoms with Crippen LogP contribution in [0.5, 0.6) is 0 Å². The van der Waals surface area contributed by atoms with E-state index in [0.29, 0.717) is 22.4 Å². The molecule has 23 heavy (non-hydrogen) atoms. The van der Waals surface area contributed by atoms with Crippen LogP contribution in [0.3, 0.4) is 0 Å². The molecular formula is C16H16ClN3O2S. The van der Waals surface area contributed by atoms with Crippen LogP contribution in [-0.4, -0.2) is 28.2 Å². The molecular weight excluding hydrogens is 334 g/mol. The quantitative estimate of drug-likeness (QED) is 0.918. The highest BCUT2D eigenvalue weighted by Gasteiger charge is 2.32. The van der Waals surface area contributed by atoms with Crippen molar-refractivity contribution in [3.8, 4) is 0 Å². The first kappa shape index (κ1) is 16.0. The first-order valence-electron chi connectivity index (χ1n) is 7.35. The average molecular weight is 350 g/mol. The zero-order valence-electron chi connectivity index (χ0n) is 12.6. The van der Waals surface area contributed by atoms with Gasteiger partial charge in [-0.1, -0.05) is 29.8 Å². The second-order valence-electron chi connectivity index (χ2n) is 5.40. The van der Waals surface area contributed by atoms with Gasteiger partial charge in [-0.25, -0.2) is 4.98 Å². The highest BCUT2D eigenvalue weighted by molar-refractivity contribution is 7.14. The molecule has 1 aliphatic rings. The predicted octanol–water partition coefficient (Wildman–Crippen LogP) is 3.73. The van der Waals surface area contributed by atoms with Crippen LogP contribution in [0.1, 0.15) is 41.9 Å². The number of amides is 2. The largest absolute Gasteiger partial charge is 0.330 e. The first-order valence-corrected chi connectivity index (χ1v) is 8.60. The van der Waals surface area contributed by atoms with E-state index in [9.17, 15) is 9.59 Å². The number of aromatic nitrogens is 1. The van der Waals surface area contributed by atoms with Crippen molar-refractivity contribution in [2.24, 2.45) is 0 Å². The van der Waals surface area contributed by atoms with Crippen molar-refractivity contribution >= 4 is 39.9 Å². The number of benzene rings is 1. The molecule has 1 aromatic heterocycles. The second kappa shape index (κ2) is 6.68. The number of anilines is 1. The Hall–Kier alpha value is -1.92. The summed E-state index contributed by atoms with van der Waals surface area (Å²) >= 11 is 7.53. The summed E-state index contributed by atoms with van der Waals surface area (Å²) in [6.45, 7) is 2.10. The molecule has 1 N–H and O–H groups in total. The lowest BCUT2D eigenvalue weighted by atomic mass is 10.0. The van der Waals surface area contributed by atoms with Gasteiger partial charge in [0.05, 0.1) is 6.04 Å². The maximum atomic E-state index is 12.8. The Kier molecular flexibility index (Phi) is 4.63. The molecule has 7 heteroatoms. The van der Waals surface area contributed by atoms with E-state index in [1.165, 1.54) is 18.3 Å². The predicted molar refractivity (Wildman–Crippen MR) is 90.9 cm³/mol. The molecule has 2 heterocycles. The summed E-state index contributed by atoms with van der Waals surface area (Å²) in [4.78, 5) is 29.8. The molecule has 3 rings (SSSR count). The smallest absolute Gasteiger partial charge is 0.273 e. The number of hydrogen-bond acceptors (Lipinski definition) is 4. The van der Waals surface area contributed by atoms with Crippen LogP contribution in [-0.2, 0) is 4.79 Å². The van der Waals surface area contributed by atoms with Crippen LogP contribution in [0.4, 0.5) is 5.13 Å². The van der Waals surface area contributed by atoms with Gasteiger partial charge in [0.2, 0.25) is 5.91 Å². The first-order chi connectivity index (χ1) is 11.1. The lowest BCUT2D eigenvalue weighted by Gasteiger charge is -2.25. The fourth-order valence-electron chi connectivity index (χ4n) is 2.81. The Morgan fingerprint density at radius 1 is 1.39 bits per heavy atom. The number of thiazole rings is 1. The number of nitrogens with zero attached hydrogens (tertiary/aromatic N) is 2. The minimum atomic E-state index is -0.200. The third-order valence-corrected chi connectivity index (χ3v) is 4.89. The monoisotopic (exact) mass is 349 g/mol. The van der Waals surface area contributed by atoms with Crippen molar-refractivity contribution in [2.45, 2.75) is 25.8 Å². The van der Waals surface area contributed by atoms with Gasteiger partial charge in [0.1, 0.15) is 5.69 Å². The molecule has 2 aromatic rings. The Morgan fingerprint density at radius 3 is 2.91 bits per heavy atom. The number of likely N-dealkylation sites (tertiary alicyclic amines) is 1. The van der Waals surface area contributed by atoms with Gasteiger partial charge in [0.25, 0.3) is 5.91 Å². The van der Waals surface area contributed by atoms with Crippen LogP contribution in [0.15, 0.2) is 29.6 Å². The second-order valence-corrected chi connectivity index (χ2v) is 6.66. The maximum Gasteiger partial charge on any atom is 0.273 e. The minimum absolute atomic E-state index is 0.0258. The van der Waals surface area contributed by atoms with Crippen molar-refractivity contribution in [3.05, 3.63) is 45.9 Å². The molecule has 0 saturated carbocycles. The molecule has 0 aliphatic carbocycles. The highest BCUT2D eigenvalue weighted by Crippen LogP contribution is 2.36. The topological polar surface area (TPSA) is 62.3 Å². The summed E-state index contributed by atoms with van der Waals surface area (Å²) in [6, 6.07) is 7.59. The lowest BCUT2D eigenvalue weighted by Crippen LogP contribution is -2.31. The van der Waals surface area contributed by atoms with Crippen LogP contribution >= 0.6 is 22.9 Å². The normalized spacial score (nSPS) is 17.3. The molecule has 1 aliphatic heterocycles. The lowest BCUT2D eigenvalue weighted by molar-refractivity contribution is -0.114. The van der Waals surface area contributed by atoms with E-state index in [-0.39, 0.29) is 17.9 Å². The van der Waals surface area contributed by atoms with Crippen LogP contribution in [0, 0.1) is 0 Å². The zero-order valence-corrected chi connectivity index (χ0v) is 14.2. The number of rotatable bonds is 3. The molecule has 1 atom stereocenters. The molecule has 0 unspecified atom stereocenters. The summed E-state index contributed by atoms with van der Waals surface area (Å²) in [5.74, 6) is -0.325. The zero-order chi connectivity index (χ0) is 16.4. The molecule has 120 valence electrons. The molecule has 0 radical (unpaired) electrons. The van der Waals surface area contributed by atoms with Crippen molar-refractivity contribution < 1.29 is 9.59 Å². The third kappa shape index (κ3) is 3.38. The number of halogens is 1. The van der Waals surface area contributed by atoms with E-state index in [2.05, 4.69) is 10.3 Å². The number of nitrogens with one attached hydrogen (secondary N) is 1.